The predicted molar refractivity (Wildman–Crippen MR) is 80.3 cm³/mol. The molecule has 116 valence electrons. The van der Waals surface area contributed by atoms with Gasteiger partial charge in [-0.3, -0.25) is 4.79 Å². The maximum atomic E-state index is 12.2. The summed E-state index contributed by atoms with van der Waals surface area (Å²) >= 11 is 1.05. The van der Waals surface area contributed by atoms with Gasteiger partial charge < -0.3 is 14.9 Å². The number of hydrogen-bond donors (Lipinski definition) is 1. The first kappa shape index (κ1) is 14.9. The van der Waals surface area contributed by atoms with Crippen molar-refractivity contribution in [1.29, 1.82) is 0 Å². The van der Waals surface area contributed by atoms with Crippen LogP contribution in [-0.4, -0.2) is 67.9 Å². The van der Waals surface area contributed by atoms with Crippen LogP contribution in [0.1, 0.15) is 42.6 Å². The van der Waals surface area contributed by atoms with Crippen molar-refractivity contribution >= 4 is 17.6 Å². The molecule has 0 aromatic carbocycles. The summed E-state index contributed by atoms with van der Waals surface area (Å²) in [4.78, 5) is 16.3. The van der Waals surface area contributed by atoms with E-state index in [4.69, 9.17) is 0 Å². The van der Waals surface area contributed by atoms with Crippen LogP contribution >= 0.6 is 11.7 Å². The Morgan fingerprint density at radius 2 is 1.95 bits per heavy atom. The summed E-state index contributed by atoms with van der Waals surface area (Å²) < 4.78 is 7.86. The summed E-state index contributed by atoms with van der Waals surface area (Å²) in [6.45, 7) is 4.12. The Morgan fingerprint density at radius 3 is 2.57 bits per heavy atom. The number of likely N-dealkylation sites (tertiary alicyclic amines) is 2. The van der Waals surface area contributed by atoms with Crippen molar-refractivity contribution < 1.29 is 9.90 Å². The molecule has 2 fully saturated rings. The van der Waals surface area contributed by atoms with Gasteiger partial charge in [-0.05, 0) is 38.8 Å². The molecule has 7 heteroatoms. The molecule has 1 aromatic rings. The zero-order valence-corrected chi connectivity index (χ0v) is 13.0. The summed E-state index contributed by atoms with van der Waals surface area (Å²) in [5.74, 6) is -0.0660. The maximum Gasteiger partial charge on any atom is 0.275 e. The largest absolute Gasteiger partial charge is 0.388 e. The number of rotatable bonds is 3. The van der Waals surface area contributed by atoms with Gasteiger partial charge in [0.05, 0.1) is 23.5 Å². The Labute approximate surface area is 129 Å². The van der Waals surface area contributed by atoms with E-state index in [0.717, 1.165) is 31.4 Å². The second kappa shape index (κ2) is 6.37. The first-order chi connectivity index (χ1) is 10.2. The van der Waals surface area contributed by atoms with E-state index in [0.29, 0.717) is 31.6 Å². The van der Waals surface area contributed by atoms with E-state index < -0.39 is 5.60 Å². The predicted octanol–water partition coefficient (Wildman–Crippen LogP) is 0.991. The molecule has 0 unspecified atom stereocenters. The van der Waals surface area contributed by atoms with E-state index in [2.05, 4.69) is 13.6 Å². The van der Waals surface area contributed by atoms with Crippen LogP contribution in [0.15, 0.2) is 6.20 Å². The molecule has 21 heavy (non-hydrogen) atoms. The standard InChI is InChI=1S/C14H22N4O2S/c19-13(12-10-15-21-16-12)18-8-4-14(20,5-9-18)11-17-6-2-1-3-7-17/h10,20H,1-9,11H2. The van der Waals surface area contributed by atoms with E-state index in [-0.39, 0.29) is 5.91 Å². The second-order valence-corrected chi connectivity index (χ2v) is 6.70. The Balaban J connectivity index is 1.53. The van der Waals surface area contributed by atoms with Crippen molar-refractivity contribution in [2.24, 2.45) is 0 Å². The van der Waals surface area contributed by atoms with Gasteiger partial charge in [0, 0.05) is 19.6 Å². The van der Waals surface area contributed by atoms with Crippen LogP contribution in [0.2, 0.25) is 0 Å². The lowest BCUT2D eigenvalue weighted by Crippen LogP contribution is -2.52. The molecule has 3 heterocycles. The molecular weight excluding hydrogens is 288 g/mol. The van der Waals surface area contributed by atoms with Gasteiger partial charge in [-0.2, -0.15) is 8.75 Å². The van der Waals surface area contributed by atoms with Gasteiger partial charge in [0.2, 0.25) is 0 Å². The highest BCUT2D eigenvalue weighted by molar-refractivity contribution is 6.99. The zero-order chi connectivity index (χ0) is 14.7. The average molecular weight is 310 g/mol. The Kier molecular flexibility index (Phi) is 4.51. The lowest BCUT2D eigenvalue weighted by Gasteiger charge is -2.41. The fourth-order valence-electron chi connectivity index (χ4n) is 3.24. The van der Waals surface area contributed by atoms with Gasteiger partial charge in [0.15, 0.2) is 5.69 Å². The molecule has 0 bridgehead atoms. The third-order valence-corrected chi connectivity index (χ3v) is 5.01. The first-order valence-electron chi connectivity index (χ1n) is 7.68. The molecule has 1 amide bonds. The summed E-state index contributed by atoms with van der Waals surface area (Å²) in [5.41, 5.74) is -0.226. The van der Waals surface area contributed by atoms with E-state index in [1.54, 1.807) is 4.90 Å². The molecule has 6 nitrogen and oxygen atoms in total. The van der Waals surface area contributed by atoms with Crippen LogP contribution in [0, 0.1) is 0 Å². The first-order valence-corrected chi connectivity index (χ1v) is 8.41. The average Bonchev–Trinajstić information content (AvgIpc) is 3.02. The number of aromatic nitrogens is 2. The summed E-state index contributed by atoms with van der Waals surface area (Å²) in [6, 6.07) is 0. The van der Waals surface area contributed by atoms with E-state index in [1.807, 2.05) is 0 Å². The van der Waals surface area contributed by atoms with Gasteiger partial charge in [0.25, 0.3) is 5.91 Å². The number of amides is 1. The molecule has 0 radical (unpaired) electrons. The lowest BCUT2D eigenvalue weighted by atomic mass is 9.90. The summed E-state index contributed by atoms with van der Waals surface area (Å²) in [6.07, 6.45) is 6.58. The van der Waals surface area contributed by atoms with Gasteiger partial charge in [-0.1, -0.05) is 6.42 Å². The number of carbonyl (C=O) groups is 1. The summed E-state index contributed by atoms with van der Waals surface area (Å²) in [7, 11) is 0. The molecule has 2 aliphatic heterocycles. The zero-order valence-electron chi connectivity index (χ0n) is 12.2. The normalized spacial score (nSPS) is 23.2. The van der Waals surface area contributed by atoms with Crippen LogP contribution in [0.25, 0.3) is 0 Å². The molecule has 1 N–H and O–H groups in total. The third-order valence-electron chi connectivity index (χ3n) is 4.53. The smallest absolute Gasteiger partial charge is 0.275 e. The van der Waals surface area contributed by atoms with Crippen LogP contribution in [-0.2, 0) is 0 Å². The maximum absolute atomic E-state index is 12.2. The van der Waals surface area contributed by atoms with Crippen molar-refractivity contribution in [3.63, 3.8) is 0 Å². The monoisotopic (exact) mass is 310 g/mol. The summed E-state index contributed by atoms with van der Waals surface area (Å²) in [5, 5.41) is 10.7. The highest BCUT2D eigenvalue weighted by Gasteiger charge is 2.36. The minimum absolute atomic E-state index is 0.0660. The van der Waals surface area contributed by atoms with Crippen LogP contribution < -0.4 is 0 Å². The van der Waals surface area contributed by atoms with E-state index in [1.165, 1.54) is 25.5 Å². The Morgan fingerprint density at radius 1 is 1.24 bits per heavy atom. The Bertz CT molecular complexity index is 465. The van der Waals surface area contributed by atoms with Crippen LogP contribution in [0.3, 0.4) is 0 Å². The third kappa shape index (κ3) is 3.59. The minimum atomic E-state index is -0.644. The van der Waals surface area contributed by atoms with Crippen LogP contribution in [0.4, 0.5) is 0 Å². The molecule has 0 spiro atoms. The number of piperidine rings is 2. The molecule has 2 saturated heterocycles. The van der Waals surface area contributed by atoms with Crippen molar-refractivity contribution in [3.05, 3.63) is 11.9 Å². The molecule has 2 aliphatic rings. The topological polar surface area (TPSA) is 69.6 Å². The molecule has 0 atom stereocenters. The van der Waals surface area contributed by atoms with Gasteiger partial charge in [-0.25, -0.2) is 0 Å². The Hall–Kier alpha value is -1.05. The lowest BCUT2D eigenvalue weighted by molar-refractivity contribution is -0.0434. The van der Waals surface area contributed by atoms with Crippen molar-refractivity contribution in [2.45, 2.75) is 37.7 Å². The van der Waals surface area contributed by atoms with Crippen molar-refractivity contribution in [3.8, 4) is 0 Å². The fraction of sp³-hybridized carbons (Fsp3) is 0.786. The number of aliphatic hydroxyl groups is 1. The molecule has 3 rings (SSSR count). The molecule has 0 saturated carbocycles. The van der Waals surface area contributed by atoms with Gasteiger partial charge in [0.1, 0.15) is 0 Å². The molecule has 1 aromatic heterocycles. The number of hydrogen-bond acceptors (Lipinski definition) is 6. The number of carbonyl (C=O) groups excluding carboxylic acids is 1. The number of nitrogens with zero attached hydrogens (tertiary/aromatic N) is 4. The van der Waals surface area contributed by atoms with Gasteiger partial charge in [-0.15, -0.1) is 0 Å². The molecular formula is C14H22N4O2S. The number of β-amino-alcohol motifs (C(OH)–C–C–N with tert-alkyl or cyclic N) is 1. The highest BCUT2D eigenvalue weighted by Crippen LogP contribution is 2.25. The second-order valence-electron chi connectivity index (χ2n) is 6.15. The van der Waals surface area contributed by atoms with Crippen LogP contribution in [0.5, 0.6) is 0 Å². The van der Waals surface area contributed by atoms with E-state index >= 15 is 0 Å². The van der Waals surface area contributed by atoms with Crippen molar-refractivity contribution in [1.82, 2.24) is 18.5 Å². The van der Waals surface area contributed by atoms with Gasteiger partial charge >= 0.3 is 0 Å². The fourth-order valence-corrected chi connectivity index (χ4v) is 3.65. The quantitative estimate of drug-likeness (QED) is 0.901. The SMILES string of the molecule is O=C(c1cnsn1)N1CCC(O)(CN2CCCCC2)CC1. The highest BCUT2D eigenvalue weighted by atomic mass is 32.1. The molecule has 0 aliphatic carbocycles. The van der Waals surface area contributed by atoms with E-state index in [9.17, 15) is 9.90 Å². The minimum Gasteiger partial charge on any atom is -0.388 e. The van der Waals surface area contributed by atoms with Crippen molar-refractivity contribution in [2.75, 3.05) is 32.7 Å².